The normalized spacial score (nSPS) is 22.8. The third-order valence-corrected chi connectivity index (χ3v) is 3.26. The average Bonchev–Trinajstić information content (AvgIpc) is 2.29. The first-order valence-electron chi connectivity index (χ1n) is 7.04. The molecule has 0 bridgehead atoms. The maximum absolute atomic E-state index is 12.4. The van der Waals surface area contributed by atoms with Gasteiger partial charge in [0, 0.05) is 6.54 Å². The Morgan fingerprint density at radius 3 is 2.53 bits per heavy atom. The van der Waals surface area contributed by atoms with Gasteiger partial charge in [0.25, 0.3) is 0 Å². The molecule has 0 aromatic heterocycles. The molecule has 5 nitrogen and oxygen atoms in total. The van der Waals surface area contributed by atoms with Gasteiger partial charge < -0.3 is 15.0 Å². The molecule has 1 rings (SSSR count). The zero-order valence-electron chi connectivity index (χ0n) is 12.7. The summed E-state index contributed by atoms with van der Waals surface area (Å²) in [6.45, 7) is 10.3. The zero-order valence-corrected chi connectivity index (χ0v) is 12.7. The summed E-state index contributed by atoms with van der Waals surface area (Å²) in [5, 5.41) is 2.80. The standard InChI is InChI=1S/C14H26N2O3/c1-6-7-11-12(17)15-14(4,5)13(18)16(11)8-9-19-10(2)3/h10-11H,6-9H2,1-5H3,(H,15,17). The lowest BCUT2D eigenvalue weighted by molar-refractivity contribution is -0.154. The summed E-state index contributed by atoms with van der Waals surface area (Å²) in [4.78, 5) is 26.2. The van der Waals surface area contributed by atoms with E-state index < -0.39 is 5.54 Å². The Morgan fingerprint density at radius 1 is 1.37 bits per heavy atom. The minimum Gasteiger partial charge on any atom is -0.377 e. The highest BCUT2D eigenvalue weighted by Gasteiger charge is 2.44. The van der Waals surface area contributed by atoms with E-state index in [1.165, 1.54) is 0 Å². The Kier molecular flexibility index (Phi) is 5.35. The number of piperazine rings is 1. The second kappa shape index (κ2) is 6.37. The van der Waals surface area contributed by atoms with E-state index in [1.807, 2.05) is 20.8 Å². The molecular weight excluding hydrogens is 244 g/mol. The number of carbonyl (C=O) groups is 2. The van der Waals surface area contributed by atoms with Gasteiger partial charge in [0.05, 0.1) is 12.7 Å². The lowest BCUT2D eigenvalue weighted by Gasteiger charge is -2.42. The average molecular weight is 270 g/mol. The van der Waals surface area contributed by atoms with Crippen LogP contribution in [0, 0.1) is 0 Å². The summed E-state index contributed by atoms with van der Waals surface area (Å²) in [6.07, 6.45) is 1.69. The molecule has 0 aromatic rings. The molecule has 1 heterocycles. The van der Waals surface area contributed by atoms with Crippen molar-refractivity contribution >= 4 is 11.8 Å². The van der Waals surface area contributed by atoms with Gasteiger partial charge in [-0.15, -0.1) is 0 Å². The van der Waals surface area contributed by atoms with Gasteiger partial charge in [0.2, 0.25) is 11.8 Å². The van der Waals surface area contributed by atoms with Crippen molar-refractivity contribution in [2.24, 2.45) is 0 Å². The van der Waals surface area contributed by atoms with Gasteiger partial charge in [0.15, 0.2) is 0 Å². The second-order valence-electron chi connectivity index (χ2n) is 5.84. The molecule has 0 spiro atoms. The Morgan fingerprint density at radius 2 is 2.00 bits per heavy atom. The van der Waals surface area contributed by atoms with Crippen LogP contribution in [0.3, 0.4) is 0 Å². The van der Waals surface area contributed by atoms with E-state index in [4.69, 9.17) is 4.74 Å². The van der Waals surface area contributed by atoms with Crippen molar-refractivity contribution in [3.8, 4) is 0 Å². The van der Waals surface area contributed by atoms with E-state index in [1.54, 1.807) is 18.7 Å². The van der Waals surface area contributed by atoms with Crippen LogP contribution in [0.4, 0.5) is 0 Å². The Bertz CT molecular complexity index is 340. The van der Waals surface area contributed by atoms with Crippen LogP contribution in [0.15, 0.2) is 0 Å². The van der Waals surface area contributed by atoms with Crippen molar-refractivity contribution in [1.29, 1.82) is 0 Å². The summed E-state index contributed by atoms with van der Waals surface area (Å²) < 4.78 is 5.50. The smallest absolute Gasteiger partial charge is 0.248 e. The topological polar surface area (TPSA) is 58.6 Å². The first kappa shape index (κ1) is 16.0. The molecule has 1 aliphatic rings. The van der Waals surface area contributed by atoms with Gasteiger partial charge in [-0.25, -0.2) is 0 Å². The fraction of sp³-hybridized carbons (Fsp3) is 0.857. The monoisotopic (exact) mass is 270 g/mol. The van der Waals surface area contributed by atoms with Crippen LogP contribution in [0.5, 0.6) is 0 Å². The Labute approximate surface area is 115 Å². The SMILES string of the molecule is CCCC1C(=O)NC(C)(C)C(=O)N1CCOC(C)C. The number of hydrogen-bond donors (Lipinski definition) is 1. The summed E-state index contributed by atoms with van der Waals surface area (Å²) in [7, 11) is 0. The summed E-state index contributed by atoms with van der Waals surface area (Å²) in [5.41, 5.74) is -0.820. The summed E-state index contributed by atoms with van der Waals surface area (Å²) in [6, 6.07) is -0.360. The summed E-state index contributed by atoms with van der Waals surface area (Å²) in [5.74, 6) is -0.0890. The molecule has 1 fully saturated rings. The van der Waals surface area contributed by atoms with Crippen molar-refractivity contribution in [3.63, 3.8) is 0 Å². The largest absolute Gasteiger partial charge is 0.377 e. The number of nitrogens with zero attached hydrogens (tertiary/aromatic N) is 1. The Hall–Kier alpha value is -1.10. The molecule has 2 amide bonds. The summed E-state index contributed by atoms with van der Waals surface area (Å²) >= 11 is 0. The maximum Gasteiger partial charge on any atom is 0.248 e. The molecule has 0 aliphatic carbocycles. The highest BCUT2D eigenvalue weighted by Crippen LogP contribution is 2.20. The van der Waals surface area contributed by atoms with Crippen LogP contribution in [-0.4, -0.2) is 47.6 Å². The lowest BCUT2D eigenvalue weighted by Crippen LogP contribution is -2.68. The van der Waals surface area contributed by atoms with E-state index in [0.717, 1.165) is 6.42 Å². The Balaban J connectivity index is 2.78. The molecule has 0 aromatic carbocycles. The molecule has 1 saturated heterocycles. The van der Waals surface area contributed by atoms with Crippen LogP contribution in [0.2, 0.25) is 0 Å². The third kappa shape index (κ3) is 3.93. The van der Waals surface area contributed by atoms with Gasteiger partial charge in [-0.1, -0.05) is 13.3 Å². The van der Waals surface area contributed by atoms with Crippen LogP contribution < -0.4 is 5.32 Å². The molecule has 1 unspecified atom stereocenters. The number of nitrogens with one attached hydrogen (secondary N) is 1. The van der Waals surface area contributed by atoms with E-state index in [2.05, 4.69) is 5.32 Å². The molecule has 0 radical (unpaired) electrons. The van der Waals surface area contributed by atoms with Gasteiger partial charge in [-0.05, 0) is 34.1 Å². The predicted molar refractivity (Wildman–Crippen MR) is 73.7 cm³/mol. The van der Waals surface area contributed by atoms with E-state index in [0.29, 0.717) is 19.6 Å². The van der Waals surface area contributed by atoms with Crippen LogP contribution >= 0.6 is 0 Å². The highest BCUT2D eigenvalue weighted by atomic mass is 16.5. The number of amides is 2. The molecule has 5 heteroatoms. The minimum atomic E-state index is -0.820. The van der Waals surface area contributed by atoms with Crippen molar-refractivity contribution in [2.75, 3.05) is 13.2 Å². The van der Waals surface area contributed by atoms with Crippen LogP contribution in [0.1, 0.15) is 47.5 Å². The number of ether oxygens (including phenoxy) is 1. The highest BCUT2D eigenvalue weighted by molar-refractivity contribution is 5.99. The van der Waals surface area contributed by atoms with Crippen LogP contribution in [-0.2, 0) is 14.3 Å². The first-order chi connectivity index (χ1) is 8.79. The molecule has 1 atom stereocenters. The second-order valence-corrected chi connectivity index (χ2v) is 5.84. The lowest BCUT2D eigenvalue weighted by atomic mass is 9.95. The fourth-order valence-corrected chi connectivity index (χ4v) is 2.29. The van der Waals surface area contributed by atoms with Crippen molar-refractivity contribution in [3.05, 3.63) is 0 Å². The molecule has 110 valence electrons. The molecular formula is C14H26N2O3. The fourth-order valence-electron chi connectivity index (χ4n) is 2.29. The molecule has 0 saturated carbocycles. The van der Waals surface area contributed by atoms with Gasteiger partial charge in [-0.2, -0.15) is 0 Å². The minimum absolute atomic E-state index is 0.0297. The van der Waals surface area contributed by atoms with Crippen molar-refractivity contribution in [1.82, 2.24) is 10.2 Å². The van der Waals surface area contributed by atoms with Crippen molar-refractivity contribution in [2.45, 2.75) is 65.1 Å². The molecule has 1 N–H and O–H groups in total. The van der Waals surface area contributed by atoms with E-state index >= 15 is 0 Å². The quantitative estimate of drug-likeness (QED) is 0.792. The molecule has 1 aliphatic heterocycles. The van der Waals surface area contributed by atoms with Gasteiger partial charge >= 0.3 is 0 Å². The molecule has 19 heavy (non-hydrogen) atoms. The zero-order chi connectivity index (χ0) is 14.6. The van der Waals surface area contributed by atoms with E-state index in [-0.39, 0.29) is 24.0 Å². The number of hydrogen-bond acceptors (Lipinski definition) is 3. The van der Waals surface area contributed by atoms with Crippen LogP contribution in [0.25, 0.3) is 0 Å². The van der Waals surface area contributed by atoms with Gasteiger partial charge in [0.1, 0.15) is 11.6 Å². The number of carbonyl (C=O) groups excluding carboxylic acids is 2. The maximum atomic E-state index is 12.4. The predicted octanol–water partition coefficient (Wildman–Crippen LogP) is 1.32. The third-order valence-electron chi connectivity index (χ3n) is 3.26. The van der Waals surface area contributed by atoms with Crippen molar-refractivity contribution < 1.29 is 14.3 Å². The first-order valence-corrected chi connectivity index (χ1v) is 7.04. The number of rotatable bonds is 6. The van der Waals surface area contributed by atoms with Gasteiger partial charge in [-0.3, -0.25) is 9.59 Å². The van der Waals surface area contributed by atoms with E-state index in [9.17, 15) is 9.59 Å².